The number of amides is 1. The molecule has 102 heavy (non-hydrogen) atoms. The van der Waals surface area contributed by atoms with E-state index in [1.54, 1.807) is 51.3 Å². The van der Waals surface area contributed by atoms with E-state index in [-0.39, 0.29) is 61.1 Å². The number of halogens is 4. The van der Waals surface area contributed by atoms with Crippen molar-refractivity contribution in [2.24, 2.45) is 24.3 Å². The lowest BCUT2D eigenvalue weighted by atomic mass is 9.53. The summed E-state index contributed by atoms with van der Waals surface area (Å²) in [5.41, 5.74) is 7.87. The van der Waals surface area contributed by atoms with Crippen LogP contribution in [-0.4, -0.2) is 63.3 Å². The van der Waals surface area contributed by atoms with E-state index in [2.05, 4.69) is 65.8 Å². The number of rotatable bonds is 18. The molecule has 536 valence electrons. The van der Waals surface area contributed by atoms with Crippen molar-refractivity contribution in [1.29, 1.82) is 0 Å². The number of aryl methyl sites for hydroxylation is 4. The van der Waals surface area contributed by atoms with Gasteiger partial charge < -0.3 is 29.3 Å². The third-order valence-corrected chi connectivity index (χ3v) is 21.2. The molecule has 1 amide bonds. The van der Waals surface area contributed by atoms with Gasteiger partial charge in [0.25, 0.3) is 11.1 Å². The molecule has 7 aliphatic rings. The van der Waals surface area contributed by atoms with Gasteiger partial charge in [-0.2, -0.15) is 13.2 Å². The third-order valence-electron chi connectivity index (χ3n) is 21.2. The van der Waals surface area contributed by atoms with Gasteiger partial charge in [-0.1, -0.05) is 110 Å². The Balaban J connectivity index is 0.000000166. The lowest BCUT2D eigenvalue weighted by Gasteiger charge is -2.52. The Morgan fingerprint density at radius 3 is 2.27 bits per heavy atom. The number of ether oxygens (including phenoxy) is 3. The Bertz CT molecular complexity index is 4880. The maximum atomic E-state index is 14.8. The van der Waals surface area contributed by atoms with Crippen LogP contribution in [-0.2, 0) is 60.1 Å². The van der Waals surface area contributed by atoms with Gasteiger partial charge in [-0.3, -0.25) is 37.7 Å². The fourth-order valence-electron chi connectivity index (χ4n) is 15.8. The zero-order valence-electron chi connectivity index (χ0n) is 58.7. The number of benzene rings is 4. The molecule has 6 aliphatic carbocycles. The summed E-state index contributed by atoms with van der Waals surface area (Å²) in [6, 6.07) is 25.3. The first-order chi connectivity index (χ1) is 48.7. The fourth-order valence-corrected chi connectivity index (χ4v) is 15.8. The lowest BCUT2D eigenvalue weighted by molar-refractivity contribution is -0.149. The second-order valence-corrected chi connectivity index (χ2v) is 28.4. The number of fused-ring (bicyclic) bond motifs is 4. The zero-order chi connectivity index (χ0) is 72.7. The van der Waals surface area contributed by atoms with Gasteiger partial charge in [0.1, 0.15) is 52.6 Å². The number of hydrogen-bond acceptors (Lipinski definition) is 12. The number of nitrogens with one attached hydrogen (secondary N) is 2. The smallest absolute Gasteiger partial charge is 0.416 e. The van der Waals surface area contributed by atoms with E-state index in [9.17, 15) is 51.1 Å². The first-order valence-corrected chi connectivity index (χ1v) is 35.0. The minimum absolute atomic E-state index is 0. The van der Waals surface area contributed by atoms with Crippen molar-refractivity contribution >= 4 is 63.4 Å². The summed E-state index contributed by atoms with van der Waals surface area (Å²) in [5.74, 6) is -0.160. The summed E-state index contributed by atoms with van der Waals surface area (Å²) >= 11 is 0. The molecule has 0 saturated heterocycles. The van der Waals surface area contributed by atoms with E-state index < -0.39 is 69.3 Å². The number of methoxy groups -OCH3 is 1. The number of esters is 2. The molecule has 2 N–H and O–H groups in total. The van der Waals surface area contributed by atoms with Crippen LogP contribution in [0.3, 0.4) is 0 Å². The second kappa shape index (κ2) is 29.2. The fraction of sp³-hybridized carbons (Fsp3) is 0.378. The number of unbranched alkanes of at least 4 members (excludes halogenated alkanes) is 1. The molecule has 1 aliphatic heterocycles. The molecule has 0 spiro atoms. The van der Waals surface area contributed by atoms with Crippen LogP contribution in [0.15, 0.2) is 175 Å². The van der Waals surface area contributed by atoms with Crippen molar-refractivity contribution in [1.82, 2.24) is 13.7 Å². The monoisotopic (exact) mass is 1400 g/mol. The van der Waals surface area contributed by atoms with E-state index in [0.29, 0.717) is 65.9 Å². The second-order valence-electron chi connectivity index (χ2n) is 28.4. The topological polar surface area (TPSA) is 199 Å². The molecule has 4 aromatic carbocycles. The molecule has 20 heteroatoms. The highest BCUT2D eigenvalue weighted by atomic mass is 19.4. The number of hydrogen-bond donors (Lipinski definition) is 2. The summed E-state index contributed by atoms with van der Waals surface area (Å²) in [6.07, 6.45) is 22.4. The van der Waals surface area contributed by atoms with Crippen molar-refractivity contribution in [2.75, 3.05) is 24.4 Å². The molecular formula is C82H89F4N5O11. The highest BCUT2D eigenvalue weighted by Gasteiger charge is 2.63. The van der Waals surface area contributed by atoms with Gasteiger partial charge >= 0.3 is 23.8 Å². The van der Waals surface area contributed by atoms with Gasteiger partial charge in [-0.25, -0.2) is 14.0 Å². The number of cyclic esters (lactones) is 1. The Hall–Kier alpha value is -9.95. The summed E-state index contributed by atoms with van der Waals surface area (Å²) in [6.45, 7) is 14.5. The van der Waals surface area contributed by atoms with E-state index in [0.717, 1.165) is 59.6 Å². The molecule has 4 heterocycles. The maximum Gasteiger partial charge on any atom is 0.416 e. The van der Waals surface area contributed by atoms with Crippen LogP contribution in [0.25, 0.3) is 28.2 Å². The maximum absolute atomic E-state index is 14.8. The first-order valence-electron chi connectivity index (χ1n) is 35.0. The molecule has 16 nitrogen and oxygen atoms in total. The van der Waals surface area contributed by atoms with Crippen molar-refractivity contribution in [3.63, 3.8) is 0 Å². The number of nitrogens with zero attached hydrogens (tertiary/aromatic N) is 3. The number of aromatic nitrogens is 3. The third kappa shape index (κ3) is 14.4. The number of alkyl halides is 3. The number of allylic oxidation sites excluding steroid dienone is 9. The number of pyridine rings is 1. The number of furan rings is 1. The van der Waals surface area contributed by atoms with Crippen LogP contribution in [0.1, 0.15) is 169 Å². The van der Waals surface area contributed by atoms with Crippen LogP contribution in [0, 0.1) is 36.9 Å². The van der Waals surface area contributed by atoms with Gasteiger partial charge in [-0.15, -0.1) is 0 Å². The highest BCUT2D eigenvalue weighted by Crippen LogP contribution is 2.64. The molecule has 1 unspecified atom stereocenters. The minimum Gasteiger partial charge on any atom is -0.463 e. The van der Waals surface area contributed by atoms with Crippen LogP contribution < -0.4 is 27.4 Å². The van der Waals surface area contributed by atoms with Gasteiger partial charge in [0, 0.05) is 77.5 Å². The zero-order valence-corrected chi connectivity index (χ0v) is 58.7. The average Bonchev–Trinajstić information content (AvgIpc) is 1.40. The van der Waals surface area contributed by atoms with Crippen molar-refractivity contribution < 1.29 is 58.2 Å². The van der Waals surface area contributed by atoms with Gasteiger partial charge in [0.2, 0.25) is 5.91 Å². The average molecular weight is 1400 g/mol. The SMILES string of the molecule is C=C1C2=C([C@H](OC(C)=O)C[C@]3(C)C(=O)CC[C@@H]23)[C@]2(C)c3c(coc31)C(=O)O[C@@H]2COC.CC(=O)Nc1cccc(-n2c(=O)n(C3CC3)c(=O)c3c(Nc4ccc(C)cc4F)n(C)c(=O)c(C)c32)c1.FC(F)(F)c1ccc(/C=C/C2=CC(CCc3ccc(CCCCC4C=CCC4)cc3)=CC2)cc1.[HH].[HH]. The van der Waals surface area contributed by atoms with Crippen molar-refractivity contribution in [3.05, 3.63) is 244 Å². The number of anilines is 3. The molecule has 3 aromatic heterocycles. The molecule has 2 saturated carbocycles. The number of ketones is 1. The number of carbonyl (C=O) groups is 4. The Kier molecular flexibility index (Phi) is 20.6. The molecule has 14 rings (SSSR count). The Morgan fingerprint density at radius 2 is 1.61 bits per heavy atom. The molecule has 7 aromatic rings. The molecular weight excluding hydrogens is 1310 g/mol. The molecule has 6 atom stereocenters. The molecule has 0 bridgehead atoms. The Morgan fingerprint density at radius 1 is 0.873 bits per heavy atom. The van der Waals surface area contributed by atoms with E-state index in [1.807, 2.05) is 26.0 Å². The quantitative estimate of drug-likeness (QED) is 0.0357. The summed E-state index contributed by atoms with van der Waals surface area (Å²) in [4.78, 5) is 90.3. The predicted molar refractivity (Wildman–Crippen MR) is 390 cm³/mol. The van der Waals surface area contributed by atoms with E-state index in [4.69, 9.17) is 18.6 Å². The van der Waals surface area contributed by atoms with Crippen LogP contribution in [0.2, 0.25) is 0 Å². The van der Waals surface area contributed by atoms with Gasteiger partial charge in [-0.05, 0) is 185 Å². The minimum atomic E-state index is -4.29. The van der Waals surface area contributed by atoms with Crippen LogP contribution in [0.4, 0.5) is 34.8 Å². The van der Waals surface area contributed by atoms with Crippen LogP contribution in [0.5, 0.6) is 0 Å². The molecule has 0 radical (unpaired) electrons. The van der Waals surface area contributed by atoms with Crippen molar-refractivity contribution in [3.8, 4) is 5.69 Å². The lowest BCUT2D eigenvalue weighted by Crippen LogP contribution is -2.56. The van der Waals surface area contributed by atoms with E-state index >= 15 is 0 Å². The normalized spacial score (nSPS) is 21.7. The highest BCUT2D eigenvalue weighted by molar-refractivity contribution is 5.99. The first kappa shape index (κ1) is 71.9. The predicted octanol–water partition coefficient (Wildman–Crippen LogP) is 16.8. The largest absolute Gasteiger partial charge is 0.463 e. The van der Waals surface area contributed by atoms with Gasteiger partial charge in [0.15, 0.2) is 0 Å². The summed E-state index contributed by atoms with van der Waals surface area (Å²) in [5, 5.41) is 5.73. The van der Waals surface area contributed by atoms with Crippen LogP contribution >= 0.6 is 0 Å². The summed E-state index contributed by atoms with van der Waals surface area (Å²) < 4.78 is 79.6. The summed E-state index contributed by atoms with van der Waals surface area (Å²) in [7, 11) is 3.05. The number of carbonyl (C=O) groups excluding carboxylic acids is 4. The van der Waals surface area contributed by atoms with Crippen molar-refractivity contribution in [2.45, 2.75) is 161 Å². The van der Waals surface area contributed by atoms with E-state index in [1.165, 1.54) is 126 Å². The van der Waals surface area contributed by atoms with Gasteiger partial charge in [0.05, 0.1) is 34.5 Å². The molecule has 2 fully saturated rings. The Labute approximate surface area is 592 Å². The standard InChI is InChI=1S/C31H33F3.C27H26FN5O4.C24H26O7.2H2/c32-31(33,34)30-21-19-27(20-22-30)14-16-29-18-17-28(23-29)15-13-26-11-9-25(10-12-26)8-4-3-7-24-5-1-2-6-24;1-14-8-11-21(20(28)12-14)30-24-22-23(15(2)25(35)31(24)4)32(27(37)33(26(22)36)18-9-10-18)19-7-5-6-17(13-19)29-16(3)34;1-11-18-14-6-7-16(26)23(14,3)8-15(30-12(2)25)20(18)24(4)17(10-28-5)31-22(27)13-9-29-21(11)19(13)24;;/h1,5,9-12,14,16-17,19-24H,2-4,6-8,13,15,18H2;5-8,11-13,18,30H,9-10H2,1-4H3,(H,29,34);9,14-15,17H,1,6-8,10H2,2-5H3;2*1H/b16-14+;;;;/t;;14-,15+,17+,23-,24-;;/m..0../s1. The number of Topliss-reactive ketones (excluding diaryl/α,β-unsaturated/α-hetero) is 1.